The van der Waals surface area contributed by atoms with Crippen molar-refractivity contribution in [3.63, 3.8) is 0 Å². The van der Waals surface area contributed by atoms with Crippen LogP contribution in [0.2, 0.25) is 0 Å². The molecule has 3 aromatic carbocycles. The fraction of sp³-hybridized carbons (Fsp3) is 0.107. The number of nitrogens with zero attached hydrogens (tertiary/aromatic N) is 3. The van der Waals surface area contributed by atoms with Crippen LogP contribution in [-0.4, -0.2) is 22.5 Å². The van der Waals surface area contributed by atoms with Crippen LogP contribution in [0.5, 0.6) is 0 Å². The average Bonchev–Trinajstić information content (AvgIpc) is 3.45. The standard InChI is InChI=1S/C28H23N3O2S/c1-20-12-14-22(15-13-20)25-17-16-24(33-25)19-29-30-28-31(23-10-6-3-7-11-23)27(32)26(34-28)18-21-8-4-2-5-9-21/h2-17,19,26H,18H2,1H3/b29-19+,30-28+/t26-/m1/s1. The summed E-state index contributed by atoms with van der Waals surface area (Å²) in [6.45, 7) is 2.05. The molecule has 2 heterocycles. The minimum Gasteiger partial charge on any atom is -0.455 e. The molecule has 1 amide bonds. The zero-order valence-corrected chi connectivity index (χ0v) is 19.5. The van der Waals surface area contributed by atoms with Gasteiger partial charge in [0.05, 0.1) is 17.2 Å². The molecule has 0 N–H and O–H groups in total. The smallest absolute Gasteiger partial charge is 0.247 e. The molecule has 1 aliphatic heterocycles. The van der Waals surface area contributed by atoms with E-state index in [9.17, 15) is 4.79 Å². The summed E-state index contributed by atoms with van der Waals surface area (Å²) in [5, 5.41) is 8.96. The highest BCUT2D eigenvalue weighted by molar-refractivity contribution is 8.16. The number of furan rings is 1. The van der Waals surface area contributed by atoms with Gasteiger partial charge >= 0.3 is 0 Å². The summed E-state index contributed by atoms with van der Waals surface area (Å²) >= 11 is 1.44. The van der Waals surface area contributed by atoms with E-state index in [4.69, 9.17) is 4.42 Å². The van der Waals surface area contributed by atoms with Crippen LogP contribution in [0, 0.1) is 6.92 Å². The molecule has 1 atom stereocenters. The van der Waals surface area contributed by atoms with Crippen LogP contribution in [0.3, 0.4) is 0 Å². The Hall–Kier alpha value is -3.90. The van der Waals surface area contributed by atoms with Gasteiger partial charge in [-0.3, -0.25) is 9.69 Å². The van der Waals surface area contributed by atoms with E-state index in [1.54, 1.807) is 11.1 Å². The second kappa shape index (κ2) is 9.93. The molecule has 1 aromatic heterocycles. The number of amides is 1. The topological polar surface area (TPSA) is 58.2 Å². The number of rotatable bonds is 6. The molecule has 5 nitrogen and oxygen atoms in total. The Kier molecular flexibility index (Phi) is 6.40. The van der Waals surface area contributed by atoms with Crippen molar-refractivity contribution >= 4 is 34.7 Å². The number of amidine groups is 1. The van der Waals surface area contributed by atoms with Crippen molar-refractivity contribution in [2.24, 2.45) is 10.2 Å². The highest BCUT2D eigenvalue weighted by Gasteiger charge is 2.39. The fourth-order valence-corrected chi connectivity index (χ4v) is 4.87. The van der Waals surface area contributed by atoms with Crippen LogP contribution in [-0.2, 0) is 11.2 Å². The zero-order valence-electron chi connectivity index (χ0n) is 18.7. The first-order chi connectivity index (χ1) is 16.7. The van der Waals surface area contributed by atoms with E-state index in [0.717, 1.165) is 22.6 Å². The van der Waals surface area contributed by atoms with Gasteiger partial charge in [-0.2, -0.15) is 5.10 Å². The van der Waals surface area contributed by atoms with Crippen molar-refractivity contribution < 1.29 is 9.21 Å². The first-order valence-corrected chi connectivity index (χ1v) is 11.9. The molecular formula is C28H23N3O2S. The lowest BCUT2D eigenvalue weighted by molar-refractivity contribution is -0.116. The number of anilines is 1. The first kappa shape index (κ1) is 21.9. The largest absolute Gasteiger partial charge is 0.455 e. The van der Waals surface area contributed by atoms with Crippen molar-refractivity contribution in [3.05, 3.63) is 114 Å². The van der Waals surface area contributed by atoms with Crippen LogP contribution in [0.25, 0.3) is 11.3 Å². The summed E-state index contributed by atoms with van der Waals surface area (Å²) in [5.74, 6) is 1.38. The highest BCUT2D eigenvalue weighted by atomic mass is 32.2. The number of para-hydroxylation sites is 1. The quantitative estimate of drug-likeness (QED) is 0.247. The number of benzene rings is 3. The van der Waals surface area contributed by atoms with Gasteiger partial charge < -0.3 is 4.42 Å². The highest BCUT2D eigenvalue weighted by Crippen LogP contribution is 2.34. The predicted molar refractivity (Wildman–Crippen MR) is 139 cm³/mol. The Morgan fingerprint density at radius 2 is 1.62 bits per heavy atom. The van der Waals surface area contributed by atoms with Crippen LogP contribution in [0.1, 0.15) is 16.9 Å². The number of aryl methyl sites for hydroxylation is 1. The van der Waals surface area contributed by atoms with Crippen molar-refractivity contribution in [1.29, 1.82) is 0 Å². The minimum atomic E-state index is -0.256. The van der Waals surface area contributed by atoms with E-state index in [1.807, 2.05) is 84.9 Å². The molecule has 0 radical (unpaired) electrons. The summed E-state index contributed by atoms with van der Waals surface area (Å²) in [7, 11) is 0. The zero-order chi connectivity index (χ0) is 23.3. The Labute approximate surface area is 202 Å². The van der Waals surface area contributed by atoms with Crippen LogP contribution >= 0.6 is 11.8 Å². The van der Waals surface area contributed by atoms with E-state index in [1.165, 1.54) is 17.3 Å². The van der Waals surface area contributed by atoms with Crippen LogP contribution in [0.15, 0.2) is 112 Å². The van der Waals surface area contributed by atoms with Crippen molar-refractivity contribution in [2.75, 3.05) is 4.90 Å². The van der Waals surface area contributed by atoms with Gasteiger partial charge in [-0.1, -0.05) is 90.1 Å². The summed E-state index contributed by atoms with van der Waals surface area (Å²) in [5.41, 5.74) is 4.10. The fourth-order valence-electron chi connectivity index (χ4n) is 3.74. The van der Waals surface area contributed by atoms with E-state index >= 15 is 0 Å². The molecular weight excluding hydrogens is 442 g/mol. The molecule has 0 aliphatic carbocycles. The predicted octanol–water partition coefficient (Wildman–Crippen LogP) is 6.34. The molecule has 0 unspecified atom stereocenters. The lowest BCUT2D eigenvalue weighted by Crippen LogP contribution is -2.32. The van der Waals surface area contributed by atoms with Gasteiger partial charge in [-0.05, 0) is 43.2 Å². The number of carbonyl (C=O) groups excluding carboxylic acids is 1. The number of hydrogen-bond acceptors (Lipinski definition) is 5. The van der Waals surface area contributed by atoms with Gasteiger partial charge in [0, 0.05) is 5.56 Å². The third-order valence-electron chi connectivity index (χ3n) is 5.50. The summed E-state index contributed by atoms with van der Waals surface area (Å²) in [6.07, 6.45) is 2.21. The number of thioether (sulfide) groups is 1. The van der Waals surface area contributed by atoms with Crippen LogP contribution < -0.4 is 4.90 Å². The summed E-state index contributed by atoms with van der Waals surface area (Å²) < 4.78 is 5.90. The molecule has 168 valence electrons. The third-order valence-corrected chi connectivity index (χ3v) is 6.63. The maximum atomic E-state index is 13.3. The van der Waals surface area contributed by atoms with Gasteiger partial charge in [-0.15, -0.1) is 5.10 Å². The Morgan fingerprint density at radius 3 is 2.35 bits per heavy atom. The Balaban J connectivity index is 1.37. The molecule has 34 heavy (non-hydrogen) atoms. The van der Waals surface area contributed by atoms with E-state index < -0.39 is 0 Å². The van der Waals surface area contributed by atoms with Gasteiger partial charge in [-0.25, -0.2) is 0 Å². The van der Waals surface area contributed by atoms with Crippen molar-refractivity contribution in [2.45, 2.75) is 18.6 Å². The van der Waals surface area contributed by atoms with E-state index in [0.29, 0.717) is 17.3 Å². The molecule has 1 fully saturated rings. The third kappa shape index (κ3) is 4.87. The molecule has 1 saturated heterocycles. The molecule has 6 heteroatoms. The molecule has 4 aromatic rings. The molecule has 0 spiro atoms. The van der Waals surface area contributed by atoms with E-state index in [2.05, 4.69) is 29.3 Å². The van der Waals surface area contributed by atoms with Gasteiger partial charge in [0.15, 0.2) is 5.17 Å². The summed E-state index contributed by atoms with van der Waals surface area (Å²) in [4.78, 5) is 14.9. The van der Waals surface area contributed by atoms with E-state index in [-0.39, 0.29) is 11.2 Å². The first-order valence-electron chi connectivity index (χ1n) is 11.0. The lowest BCUT2D eigenvalue weighted by Gasteiger charge is -2.15. The number of carbonyl (C=O) groups is 1. The Morgan fingerprint density at radius 1 is 0.912 bits per heavy atom. The summed E-state index contributed by atoms with van der Waals surface area (Å²) in [6, 6.07) is 31.5. The molecule has 5 rings (SSSR count). The number of hydrogen-bond donors (Lipinski definition) is 0. The lowest BCUT2D eigenvalue weighted by atomic mass is 10.1. The minimum absolute atomic E-state index is 0.00802. The Bertz CT molecular complexity index is 1330. The maximum Gasteiger partial charge on any atom is 0.247 e. The normalized spacial score (nSPS) is 17.2. The van der Waals surface area contributed by atoms with Gasteiger partial charge in [0.1, 0.15) is 11.5 Å². The SMILES string of the molecule is Cc1ccc(-c2ccc(/C=N/N=C3/S[C@H](Cc4ccccc4)C(=O)N3c3ccccc3)o2)cc1. The second-order valence-electron chi connectivity index (χ2n) is 8.00. The van der Waals surface area contributed by atoms with Crippen molar-refractivity contribution in [3.8, 4) is 11.3 Å². The monoisotopic (exact) mass is 465 g/mol. The van der Waals surface area contributed by atoms with Crippen LogP contribution in [0.4, 0.5) is 5.69 Å². The van der Waals surface area contributed by atoms with Gasteiger partial charge in [0.2, 0.25) is 5.91 Å². The molecule has 0 saturated carbocycles. The van der Waals surface area contributed by atoms with Gasteiger partial charge in [0.25, 0.3) is 0 Å². The molecule has 1 aliphatic rings. The average molecular weight is 466 g/mol. The van der Waals surface area contributed by atoms with Crippen molar-refractivity contribution in [1.82, 2.24) is 0 Å². The molecule has 0 bridgehead atoms. The second-order valence-corrected chi connectivity index (χ2v) is 9.17. The maximum absolute atomic E-state index is 13.3.